The normalized spacial score (nSPS) is 16.4. The lowest BCUT2D eigenvalue weighted by Crippen LogP contribution is -2.29. The van der Waals surface area contributed by atoms with Gasteiger partial charge in [-0.05, 0) is 25.0 Å². The molecule has 2 rings (SSSR count). The molecule has 1 aromatic rings. The van der Waals surface area contributed by atoms with E-state index in [0.717, 1.165) is 11.1 Å². The molecule has 16 heavy (non-hydrogen) atoms. The highest BCUT2D eigenvalue weighted by molar-refractivity contribution is 7.87. The van der Waals surface area contributed by atoms with Gasteiger partial charge in [0, 0.05) is 19.6 Å². The molecule has 1 saturated heterocycles. The smallest absolute Gasteiger partial charge is 0.198 e. The molecule has 5 heteroatoms. The van der Waals surface area contributed by atoms with E-state index in [1.54, 1.807) is 0 Å². The third-order valence-electron chi connectivity index (χ3n) is 2.69. The van der Waals surface area contributed by atoms with Gasteiger partial charge in [0.25, 0.3) is 10.2 Å². The van der Waals surface area contributed by atoms with Gasteiger partial charge in [-0.1, -0.05) is 23.8 Å². The van der Waals surface area contributed by atoms with Crippen LogP contribution in [0, 0.1) is 13.8 Å². The Bertz CT molecular complexity index is 493. The van der Waals surface area contributed by atoms with Crippen LogP contribution in [0.1, 0.15) is 16.7 Å². The minimum atomic E-state index is -3.23. The molecule has 1 fully saturated rings. The molecule has 1 aromatic carbocycles. The number of hydrogen-bond donors (Lipinski definition) is 1. The van der Waals surface area contributed by atoms with Crippen LogP contribution >= 0.6 is 0 Å². The van der Waals surface area contributed by atoms with Gasteiger partial charge < -0.3 is 0 Å². The van der Waals surface area contributed by atoms with Crippen molar-refractivity contribution in [2.45, 2.75) is 20.4 Å². The summed E-state index contributed by atoms with van der Waals surface area (Å²) in [7, 11) is -3.23. The van der Waals surface area contributed by atoms with Crippen LogP contribution in [0.5, 0.6) is 0 Å². The molecule has 0 atom stereocenters. The second-order valence-corrected chi connectivity index (χ2v) is 5.91. The molecule has 0 aliphatic carbocycles. The fourth-order valence-electron chi connectivity index (χ4n) is 1.59. The summed E-state index contributed by atoms with van der Waals surface area (Å²) in [6.45, 7) is 5.67. The molecule has 0 spiro atoms. The van der Waals surface area contributed by atoms with Gasteiger partial charge in [-0.25, -0.2) is 0 Å². The summed E-state index contributed by atoms with van der Waals surface area (Å²) in [6.07, 6.45) is 0. The topological polar surface area (TPSA) is 49.2 Å². The van der Waals surface area contributed by atoms with Crippen molar-refractivity contribution < 1.29 is 8.42 Å². The van der Waals surface area contributed by atoms with Crippen molar-refractivity contribution in [3.8, 4) is 0 Å². The van der Waals surface area contributed by atoms with E-state index in [4.69, 9.17) is 0 Å². The zero-order valence-electron chi connectivity index (χ0n) is 9.53. The maximum absolute atomic E-state index is 11.6. The SMILES string of the molecule is Cc1ccc(CNS(=O)(=O)N2CC2)c(C)c1. The van der Waals surface area contributed by atoms with E-state index in [2.05, 4.69) is 10.8 Å². The highest BCUT2D eigenvalue weighted by Crippen LogP contribution is 2.13. The Morgan fingerprint density at radius 2 is 2.00 bits per heavy atom. The standard InChI is InChI=1S/C11H16N2O2S/c1-9-3-4-11(10(2)7-9)8-12-16(14,15)13-5-6-13/h3-4,7,12H,5-6,8H2,1-2H3. The van der Waals surface area contributed by atoms with Gasteiger partial charge in [-0.2, -0.15) is 17.4 Å². The second kappa shape index (κ2) is 4.16. The summed E-state index contributed by atoms with van der Waals surface area (Å²) in [6, 6.07) is 6.02. The van der Waals surface area contributed by atoms with E-state index >= 15 is 0 Å². The number of aryl methyl sites for hydroxylation is 2. The van der Waals surface area contributed by atoms with Crippen LogP contribution in [0.4, 0.5) is 0 Å². The number of rotatable bonds is 4. The van der Waals surface area contributed by atoms with Crippen molar-refractivity contribution in [3.63, 3.8) is 0 Å². The zero-order chi connectivity index (χ0) is 11.8. The van der Waals surface area contributed by atoms with Crippen molar-refractivity contribution in [2.24, 2.45) is 0 Å². The predicted molar refractivity (Wildman–Crippen MR) is 63.2 cm³/mol. The Hall–Kier alpha value is -0.910. The lowest BCUT2D eigenvalue weighted by atomic mass is 10.1. The maximum Gasteiger partial charge on any atom is 0.279 e. The molecule has 0 radical (unpaired) electrons. The third-order valence-corrected chi connectivity index (χ3v) is 4.24. The van der Waals surface area contributed by atoms with E-state index in [9.17, 15) is 8.42 Å². The van der Waals surface area contributed by atoms with Gasteiger partial charge in [-0.15, -0.1) is 0 Å². The van der Waals surface area contributed by atoms with Crippen LogP contribution in [0.3, 0.4) is 0 Å². The summed E-state index contributed by atoms with van der Waals surface area (Å²) in [5.41, 5.74) is 3.33. The van der Waals surface area contributed by atoms with Crippen molar-refractivity contribution >= 4 is 10.2 Å². The van der Waals surface area contributed by atoms with Gasteiger partial charge in [0.2, 0.25) is 0 Å². The number of benzene rings is 1. The van der Waals surface area contributed by atoms with Crippen LogP contribution < -0.4 is 4.72 Å². The quantitative estimate of drug-likeness (QED) is 0.797. The van der Waals surface area contributed by atoms with Gasteiger partial charge in [0.1, 0.15) is 0 Å². The van der Waals surface area contributed by atoms with E-state index in [1.165, 1.54) is 9.87 Å². The maximum atomic E-state index is 11.6. The first-order chi connectivity index (χ1) is 7.49. The minimum absolute atomic E-state index is 0.366. The number of hydrogen-bond acceptors (Lipinski definition) is 2. The molecule has 1 N–H and O–H groups in total. The van der Waals surface area contributed by atoms with Crippen LogP contribution in [0.15, 0.2) is 18.2 Å². The summed E-state index contributed by atoms with van der Waals surface area (Å²) in [5.74, 6) is 0. The van der Waals surface area contributed by atoms with Crippen LogP contribution in [-0.4, -0.2) is 25.8 Å². The zero-order valence-corrected chi connectivity index (χ0v) is 10.3. The molecular formula is C11H16N2O2S. The van der Waals surface area contributed by atoms with Crippen molar-refractivity contribution in [1.82, 2.24) is 9.03 Å². The molecule has 88 valence electrons. The van der Waals surface area contributed by atoms with Crippen LogP contribution in [-0.2, 0) is 16.8 Å². The van der Waals surface area contributed by atoms with Crippen molar-refractivity contribution in [1.29, 1.82) is 0 Å². The Morgan fingerprint density at radius 1 is 1.31 bits per heavy atom. The monoisotopic (exact) mass is 240 g/mol. The Morgan fingerprint density at radius 3 is 2.56 bits per heavy atom. The molecule has 0 unspecified atom stereocenters. The van der Waals surface area contributed by atoms with E-state index in [-0.39, 0.29) is 0 Å². The fraction of sp³-hybridized carbons (Fsp3) is 0.455. The largest absolute Gasteiger partial charge is 0.279 e. The average molecular weight is 240 g/mol. The Kier molecular flexibility index (Phi) is 3.01. The minimum Gasteiger partial charge on any atom is -0.198 e. The van der Waals surface area contributed by atoms with E-state index < -0.39 is 10.2 Å². The number of nitrogens with zero attached hydrogens (tertiary/aromatic N) is 1. The summed E-state index contributed by atoms with van der Waals surface area (Å²) in [4.78, 5) is 0. The molecule has 0 bridgehead atoms. The fourth-order valence-corrected chi connectivity index (χ4v) is 2.67. The molecule has 1 aliphatic heterocycles. The van der Waals surface area contributed by atoms with Crippen LogP contribution in [0.25, 0.3) is 0 Å². The third kappa shape index (κ3) is 2.61. The first-order valence-electron chi connectivity index (χ1n) is 5.30. The summed E-state index contributed by atoms with van der Waals surface area (Å²) in [5, 5.41) is 0. The van der Waals surface area contributed by atoms with Crippen molar-refractivity contribution in [2.75, 3.05) is 13.1 Å². The first kappa shape index (κ1) is 11.6. The van der Waals surface area contributed by atoms with E-state index in [1.807, 2.05) is 26.0 Å². The molecule has 0 aromatic heterocycles. The second-order valence-electron chi connectivity index (χ2n) is 4.16. The van der Waals surface area contributed by atoms with Gasteiger partial charge in [-0.3, -0.25) is 0 Å². The summed E-state index contributed by atoms with van der Waals surface area (Å²) >= 11 is 0. The molecule has 0 amide bonds. The average Bonchev–Trinajstić information content (AvgIpc) is 2.99. The van der Waals surface area contributed by atoms with Gasteiger partial charge >= 0.3 is 0 Å². The lowest BCUT2D eigenvalue weighted by Gasteiger charge is -2.09. The first-order valence-corrected chi connectivity index (χ1v) is 6.74. The van der Waals surface area contributed by atoms with Gasteiger partial charge in [0.05, 0.1) is 0 Å². The highest BCUT2D eigenvalue weighted by atomic mass is 32.2. The number of nitrogens with one attached hydrogen (secondary N) is 1. The molecule has 1 heterocycles. The lowest BCUT2D eigenvalue weighted by molar-refractivity contribution is 0.546. The summed E-state index contributed by atoms with van der Waals surface area (Å²) < 4.78 is 27.1. The van der Waals surface area contributed by atoms with Crippen molar-refractivity contribution in [3.05, 3.63) is 34.9 Å². The molecule has 0 saturated carbocycles. The molecular weight excluding hydrogens is 224 g/mol. The Balaban J connectivity index is 2.04. The van der Waals surface area contributed by atoms with Crippen LogP contribution in [0.2, 0.25) is 0 Å². The van der Waals surface area contributed by atoms with Gasteiger partial charge in [0.15, 0.2) is 0 Å². The highest BCUT2D eigenvalue weighted by Gasteiger charge is 2.31. The van der Waals surface area contributed by atoms with E-state index in [0.29, 0.717) is 19.6 Å². The molecule has 1 aliphatic rings. The Labute approximate surface area is 96.5 Å². The predicted octanol–water partition coefficient (Wildman–Crippen LogP) is 0.953. The molecule has 4 nitrogen and oxygen atoms in total.